The summed E-state index contributed by atoms with van der Waals surface area (Å²) in [5, 5.41) is 1.08. The molecule has 5 heteroatoms. The molecule has 3 rings (SSSR count). The number of aromatic nitrogens is 1. The van der Waals surface area contributed by atoms with Gasteiger partial charge in [-0.05, 0) is 53.6 Å². The predicted molar refractivity (Wildman–Crippen MR) is 116 cm³/mol. The summed E-state index contributed by atoms with van der Waals surface area (Å²) < 4.78 is 8.39. The van der Waals surface area contributed by atoms with Crippen molar-refractivity contribution >= 4 is 38.6 Å². The number of Topliss-reactive ketones (excluding diaryl/α,β-unsaturated/α-hetero) is 1. The van der Waals surface area contributed by atoms with E-state index in [0.29, 0.717) is 19.4 Å². The van der Waals surface area contributed by atoms with Crippen LogP contribution in [0.3, 0.4) is 0 Å². The van der Waals surface area contributed by atoms with E-state index in [1.54, 1.807) is 0 Å². The van der Waals surface area contributed by atoms with Crippen molar-refractivity contribution in [2.75, 3.05) is 6.61 Å². The lowest BCUT2D eigenvalue weighted by Crippen LogP contribution is -2.28. The van der Waals surface area contributed by atoms with Crippen molar-refractivity contribution in [3.8, 4) is 0 Å². The van der Waals surface area contributed by atoms with Crippen molar-refractivity contribution in [2.24, 2.45) is 5.41 Å². The van der Waals surface area contributed by atoms with Crippen molar-refractivity contribution in [3.63, 3.8) is 0 Å². The highest BCUT2D eigenvalue weighted by atomic mass is 79.9. The van der Waals surface area contributed by atoms with Gasteiger partial charge in [0, 0.05) is 40.5 Å². The quantitative estimate of drug-likeness (QED) is 0.364. The van der Waals surface area contributed by atoms with Gasteiger partial charge in [0.2, 0.25) is 0 Å². The fourth-order valence-electron chi connectivity index (χ4n) is 4.32. The van der Waals surface area contributed by atoms with Crippen LogP contribution in [0.15, 0.2) is 22.7 Å². The van der Waals surface area contributed by atoms with E-state index >= 15 is 0 Å². The molecule has 1 aliphatic rings. The topological polar surface area (TPSA) is 48.3 Å². The zero-order valence-corrected chi connectivity index (χ0v) is 18.7. The summed E-state index contributed by atoms with van der Waals surface area (Å²) in [5.74, 6) is 0.167. The van der Waals surface area contributed by atoms with Crippen LogP contribution < -0.4 is 0 Å². The van der Waals surface area contributed by atoms with Crippen LogP contribution in [0.2, 0.25) is 0 Å². The third-order valence-corrected chi connectivity index (χ3v) is 6.16. The highest BCUT2D eigenvalue weighted by molar-refractivity contribution is 9.10. The summed E-state index contributed by atoms with van der Waals surface area (Å²) in [6.07, 6.45) is 6.04. The van der Waals surface area contributed by atoms with E-state index in [1.807, 2.05) is 13.0 Å². The Labute approximate surface area is 175 Å². The Morgan fingerprint density at radius 3 is 2.68 bits per heavy atom. The largest absolute Gasteiger partial charge is 0.466 e. The molecule has 0 N–H and O–H groups in total. The first-order chi connectivity index (χ1) is 13.3. The van der Waals surface area contributed by atoms with Crippen LogP contribution >= 0.6 is 15.9 Å². The van der Waals surface area contributed by atoms with Crippen LogP contribution in [-0.4, -0.2) is 22.9 Å². The summed E-state index contributed by atoms with van der Waals surface area (Å²) in [5.41, 5.74) is 3.26. The normalized spacial score (nSPS) is 15.6. The third-order valence-electron chi connectivity index (χ3n) is 5.52. The first-order valence-corrected chi connectivity index (χ1v) is 11.1. The number of halogens is 1. The molecule has 1 heterocycles. The van der Waals surface area contributed by atoms with Crippen LogP contribution in [-0.2, 0) is 22.5 Å². The second-order valence-corrected chi connectivity index (χ2v) is 9.37. The smallest absolute Gasteiger partial charge is 0.305 e. The fraction of sp³-hybridized carbons (Fsp3) is 0.565. The lowest BCUT2D eigenvalue weighted by molar-refractivity contribution is -0.143. The highest BCUT2D eigenvalue weighted by Crippen LogP contribution is 2.41. The first kappa shape index (κ1) is 21.1. The van der Waals surface area contributed by atoms with E-state index in [9.17, 15) is 9.59 Å². The Morgan fingerprint density at radius 2 is 1.93 bits per heavy atom. The number of ether oxygens (including phenoxy) is 1. The van der Waals surface area contributed by atoms with Gasteiger partial charge in [0.1, 0.15) is 0 Å². The van der Waals surface area contributed by atoms with Crippen LogP contribution in [0.4, 0.5) is 0 Å². The van der Waals surface area contributed by atoms with Gasteiger partial charge in [-0.25, -0.2) is 0 Å². The van der Waals surface area contributed by atoms with Crippen molar-refractivity contribution in [1.82, 2.24) is 4.57 Å². The minimum atomic E-state index is -0.0994. The van der Waals surface area contributed by atoms with E-state index in [0.717, 1.165) is 59.6 Å². The third kappa shape index (κ3) is 4.51. The average Bonchev–Trinajstić information content (AvgIpc) is 2.92. The van der Waals surface area contributed by atoms with Gasteiger partial charge in [0.05, 0.1) is 12.1 Å². The molecule has 0 spiro atoms. The Kier molecular flexibility index (Phi) is 6.64. The lowest BCUT2D eigenvalue weighted by Gasteiger charge is -2.30. The van der Waals surface area contributed by atoms with Gasteiger partial charge < -0.3 is 9.30 Å². The number of esters is 1. The maximum atomic E-state index is 12.9. The molecule has 0 unspecified atom stereocenters. The summed E-state index contributed by atoms with van der Waals surface area (Å²) in [4.78, 5) is 24.3. The fourth-order valence-corrected chi connectivity index (χ4v) is 4.90. The molecule has 0 bridgehead atoms. The van der Waals surface area contributed by atoms with E-state index in [1.165, 1.54) is 5.69 Å². The van der Waals surface area contributed by atoms with Crippen LogP contribution in [0.1, 0.15) is 75.3 Å². The van der Waals surface area contributed by atoms with Gasteiger partial charge >= 0.3 is 5.97 Å². The molecule has 4 nitrogen and oxygen atoms in total. The van der Waals surface area contributed by atoms with Crippen molar-refractivity contribution < 1.29 is 14.3 Å². The minimum Gasteiger partial charge on any atom is -0.466 e. The molecular weight excluding hydrogens is 418 g/mol. The standard InChI is InChI=1S/C23H30BrNO3/c1-4-28-20(27)12-7-5-6-8-13-25-18-14-23(2,3)15-19(26)21(18)16-10-9-11-17(24)22(16)25/h9-11H,4-8,12-15H2,1-3H3. The van der Waals surface area contributed by atoms with Gasteiger partial charge in [-0.15, -0.1) is 0 Å². The summed E-state index contributed by atoms with van der Waals surface area (Å²) >= 11 is 3.70. The zero-order valence-electron chi connectivity index (χ0n) is 17.1. The number of hydrogen-bond donors (Lipinski definition) is 0. The SMILES string of the molecule is CCOC(=O)CCCCCCn1c2c(c3cccc(Br)c31)C(=O)CC(C)(C)C2. The van der Waals surface area contributed by atoms with Crippen molar-refractivity contribution in [2.45, 2.75) is 72.3 Å². The molecule has 0 fully saturated rings. The maximum absolute atomic E-state index is 12.9. The summed E-state index contributed by atoms with van der Waals surface area (Å²) in [6, 6.07) is 6.14. The van der Waals surface area contributed by atoms with Gasteiger partial charge in [-0.1, -0.05) is 38.8 Å². The molecule has 1 aromatic heterocycles. The van der Waals surface area contributed by atoms with Gasteiger partial charge in [0.15, 0.2) is 5.78 Å². The number of carbonyl (C=O) groups excluding carboxylic acids is 2. The molecule has 0 saturated heterocycles. The van der Waals surface area contributed by atoms with Crippen LogP contribution in [0, 0.1) is 5.41 Å². The van der Waals surface area contributed by atoms with Crippen molar-refractivity contribution in [3.05, 3.63) is 33.9 Å². The maximum Gasteiger partial charge on any atom is 0.305 e. The number of nitrogens with zero attached hydrogens (tertiary/aromatic N) is 1. The monoisotopic (exact) mass is 447 g/mol. The van der Waals surface area contributed by atoms with Gasteiger partial charge in [-0.2, -0.15) is 0 Å². The molecule has 0 saturated carbocycles. The van der Waals surface area contributed by atoms with Gasteiger partial charge in [0.25, 0.3) is 0 Å². The second-order valence-electron chi connectivity index (χ2n) is 8.52. The highest BCUT2D eigenvalue weighted by Gasteiger charge is 2.35. The molecule has 152 valence electrons. The molecule has 0 amide bonds. The number of benzene rings is 1. The number of fused-ring (bicyclic) bond motifs is 3. The predicted octanol–water partition coefficient (Wildman–Crippen LogP) is 6.07. The number of aryl methyl sites for hydroxylation is 1. The number of carbonyl (C=O) groups is 2. The Bertz CT molecular complexity index is 882. The molecule has 0 aliphatic heterocycles. The molecule has 0 atom stereocenters. The lowest BCUT2D eigenvalue weighted by atomic mass is 9.75. The molecular formula is C23H30BrNO3. The molecule has 28 heavy (non-hydrogen) atoms. The average molecular weight is 448 g/mol. The molecule has 2 aromatic rings. The Morgan fingerprint density at radius 1 is 1.18 bits per heavy atom. The van der Waals surface area contributed by atoms with E-state index < -0.39 is 0 Å². The first-order valence-electron chi connectivity index (χ1n) is 10.3. The molecule has 1 aromatic carbocycles. The van der Waals surface area contributed by atoms with E-state index in [2.05, 4.69) is 46.5 Å². The minimum absolute atomic E-state index is 0.00231. The molecule has 1 aliphatic carbocycles. The number of rotatable bonds is 8. The Balaban J connectivity index is 1.74. The zero-order chi connectivity index (χ0) is 20.3. The summed E-state index contributed by atoms with van der Waals surface area (Å²) in [6.45, 7) is 7.55. The van der Waals surface area contributed by atoms with Crippen molar-refractivity contribution in [1.29, 1.82) is 0 Å². The number of ketones is 1. The molecule has 0 radical (unpaired) electrons. The van der Waals surface area contributed by atoms with Crippen LogP contribution in [0.5, 0.6) is 0 Å². The van der Waals surface area contributed by atoms with Crippen LogP contribution in [0.25, 0.3) is 10.9 Å². The van der Waals surface area contributed by atoms with Gasteiger partial charge in [-0.3, -0.25) is 9.59 Å². The Hall–Kier alpha value is -1.62. The number of unbranched alkanes of at least 4 members (excludes halogenated alkanes) is 3. The van der Waals surface area contributed by atoms with E-state index in [4.69, 9.17) is 4.74 Å². The summed E-state index contributed by atoms with van der Waals surface area (Å²) in [7, 11) is 0. The second kappa shape index (κ2) is 8.81. The number of hydrogen-bond acceptors (Lipinski definition) is 3. The number of para-hydroxylation sites is 1. The van der Waals surface area contributed by atoms with E-state index in [-0.39, 0.29) is 17.2 Å².